The number of hydrogen-bond donors (Lipinski definition) is 1. The molecule has 0 aliphatic carbocycles. The van der Waals surface area contributed by atoms with Crippen molar-refractivity contribution >= 4 is 16.9 Å². The van der Waals surface area contributed by atoms with E-state index in [1.54, 1.807) is 6.07 Å². The lowest BCUT2D eigenvalue weighted by atomic mass is 10.0. The number of rotatable bonds is 4. The van der Waals surface area contributed by atoms with Crippen LogP contribution in [0.15, 0.2) is 30.5 Å². The van der Waals surface area contributed by atoms with Crippen LogP contribution in [0.3, 0.4) is 0 Å². The summed E-state index contributed by atoms with van der Waals surface area (Å²) < 4.78 is 0. The first-order valence-electron chi connectivity index (χ1n) is 5.82. The van der Waals surface area contributed by atoms with E-state index in [0.29, 0.717) is 0 Å². The molecule has 0 unspecified atom stereocenters. The normalized spacial score (nSPS) is 10.6. The van der Waals surface area contributed by atoms with Gasteiger partial charge in [0, 0.05) is 11.6 Å². The van der Waals surface area contributed by atoms with Gasteiger partial charge in [-0.2, -0.15) is 0 Å². The Morgan fingerprint density at radius 3 is 2.88 bits per heavy atom. The minimum Gasteiger partial charge on any atom is -0.478 e. The molecule has 0 aliphatic heterocycles. The average molecular weight is 229 g/mol. The Morgan fingerprint density at radius 1 is 1.35 bits per heavy atom. The van der Waals surface area contributed by atoms with Crippen LogP contribution in [0.4, 0.5) is 0 Å². The maximum atomic E-state index is 10.9. The highest BCUT2D eigenvalue weighted by atomic mass is 16.4. The van der Waals surface area contributed by atoms with Gasteiger partial charge in [-0.1, -0.05) is 19.4 Å². The molecular formula is C14H15NO2. The molecule has 0 spiro atoms. The van der Waals surface area contributed by atoms with E-state index in [2.05, 4.69) is 18.0 Å². The van der Waals surface area contributed by atoms with Crippen LogP contribution in [0, 0.1) is 0 Å². The molecule has 1 aromatic heterocycles. The third kappa shape index (κ3) is 2.61. The van der Waals surface area contributed by atoms with Gasteiger partial charge in [0.05, 0.1) is 11.1 Å². The summed E-state index contributed by atoms with van der Waals surface area (Å²) in [5, 5.41) is 9.82. The van der Waals surface area contributed by atoms with Crippen molar-refractivity contribution in [1.82, 2.24) is 4.98 Å². The molecule has 1 aromatic carbocycles. The number of carbonyl (C=O) groups is 1. The van der Waals surface area contributed by atoms with Gasteiger partial charge in [-0.25, -0.2) is 4.79 Å². The summed E-state index contributed by atoms with van der Waals surface area (Å²) in [5.41, 5.74) is 2.32. The van der Waals surface area contributed by atoms with E-state index in [4.69, 9.17) is 5.11 Å². The van der Waals surface area contributed by atoms with Gasteiger partial charge in [0.2, 0.25) is 0 Å². The fraction of sp³-hybridized carbons (Fsp3) is 0.286. The summed E-state index contributed by atoms with van der Waals surface area (Å²) in [6.07, 6.45) is 4.74. The summed E-state index contributed by atoms with van der Waals surface area (Å²) in [5.74, 6) is -0.932. The molecule has 1 N–H and O–H groups in total. The first kappa shape index (κ1) is 11.6. The Balaban J connectivity index is 2.39. The van der Waals surface area contributed by atoms with Gasteiger partial charge in [-0.3, -0.25) is 4.98 Å². The van der Waals surface area contributed by atoms with E-state index in [0.717, 1.165) is 30.2 Å². The van der Waals surface area contributed by atoms with Gasteiger partial charge in [-0.15, -0.1) is 0 Å². The van der Waals surface area contributed by atoms with Crippen molar-refractivity contribution in [2.24, 2.45) is 0 Å². The van der Waals surface area contributed by atoms with Gasteiger partial charge >= 0.3 is 5.97 Å². The molecule has 0 saturated carbocycles. The Morgan fingerprint density at radius 2 is 2.18 bits per heavy atom. The van der Waals surface area contributed by atoms with Crippen molar-refractivity contribution in [2.45, 2.75) is 26.2 Å². The topological polar surface area (TPSA) is 50.2 Å². The molecular weight excluding hydrogens is 214 g/mol. The average Bonchev–Trinajstić information content (AvgIpc) is 2.35. The van der Waals surface area contributed by atoms with Crippen LogP contribution in [0.5, 0.6) is 0 Å². The third-order valence-electron chi connectivity index (χ3n) is 2.81. The summed E-state index contributed by atoms with van der Waals surface area (Å²) in [6, 6.07) is 7.72. The number of benzene rings is 1. The second-order valence-corrected chi connectivity index (χ2v) is 4.16. The lowest BCUT2D eigenvalue weighted by Crippen LogP contribution is -1.97. The highest BCUT2D eigenvalue weighted by Gasteiger charge is 2.05. The van der Waals surface area contributed by atoms with Gasteiger partial charge < -0.3 is 5.11 Å². The minimum absolute atomic E-state index is 0.241. The van der Waals surface area contributed by atoms with Crippen molar-refractivity contribution < 1.29 is 9.90 Å². The number of unbranched alkanes of at least 4 members (excludes halogenated alkanes) is 1. The van der Waals surface area contributed by atoms with Crippen molar-refractivity contribution in [2.75, 3.05) is 0 Å². The van der Waals surface area contributed by atoms with Crippen LogP contribution in [0.1, 0.15) is 35.7 Å². The van der Waals surface area contributed by atoms with Gasteiger partial charge in [-0.05, 0) is 36.6 Å². The predicted octanol–water partition coefficient (Wildman–Crippen LogP) is 3.28. The molecule has 0 fully saturated rings. The molecule has 3 heteroatoms. The van der Waals surface area contributed by atoms with Crippen LogP contribution in [-0.4, -0.2) is 16.1 Å². The van der Waals surface area contributed by atoms with E-state index in [1.807, 2.05) is 12.1 Å². The fourth-order valence-electron chi connectivity index (χ4n) is 1.83. The quantitative estimate of drug-likeness (QED) is 0.875. The number of aryl methyl sites for hydroxylation is 1. The summed E-state index contributed by atoms with van der Waals surface area (Å²) in [4.78, 5) is 15.0. The number of carboxylic acids is 1. The maximum absolute atomic E-state index is 10.9. The molecule has 2 rings (SSSR count). The third-order valence-corrected chi connectivity index (χ3v) is 2.81. The molecule has 2 aromatic rings. The van der Waals surface area contributed by atoms with Crippen molar-refractivity contribution in [3.8, 4) is 0 Å². The van der Waals surface area contributed by atoms with E-state index in [1.165, 1.54) is 11.8 Å². The molecule has 88 valence electrons. The predicted molar refractivity (Wildman–Crippen MR) is 67.3 cm³/mol. The Hall–Kier alpha value is -1.90. The fourth-order valence-corrected chi connectivity index (χ4v) is 1.83. The van der Waals surface area contributed by atoms with E-state index >= 15 is 0 Å². The number of aromatic nitrogens is 1. The second-order valence-electron chi connectivity index (χ2n) is 4.16. The van der Waals surface area contributed by atoms with Crippen molar-refractivity contribution in [3.05, 3.63) is 41.6 Å². The molecule has 0 atom stereocenters. The van der Waals surface area contributed by atoms with E-state index < -0.39 is 5.97 Å². The highest BCUT2D eigenvalue weighted by Crippen LogP contribution is 2.17. The summed E-state index contributed by atoms with van der Waals surface area (Å²) in [6.45, 7) is 2.16. The Bertz CT molecular complexity index is 549. The molecule has 0 aliphatic rings. The first-order valence-corrected chi connectivity index (χ1v) is 5.82. The Labute approximate surface area is 100 Å². The molecule has 1 heterocycles. The van der Waals surface area contributed by atoms with Crippen LogP contribution < -0.4 is 0 Å². The molecule has 0 radical (unpaired) electrons. The van der Waals surface area contributed by atoms with Crippen molar-refractivity contribution in [1.29, 1.82) is 0 Å². The summed E-state index contributed by atoms with van der Waals surface area (Å²) in [7, 11) is 0. The monoisotopic (exact) mass is 229 g/mol. The number of carboxylic acid groups (broad SMARTS) is 1. The van der Waals surface area contributed by atoms with Gasteiger partial charge in [0.15, 0.2) is 0 Å². The van der Waals surface area contributed by atoms with Crippen LogP contribution in [0.2, 0.25) is 0 Å². The van der Waals surface area contributed by atoms with Gasteiger partial charge in [0.25, 0.3) is 0 Å². The Kier molecular flexibility index (Phi) is 3.38. The number of hydrogen-bond acceptors (Lipinski definition) is 2. The van der Waals surface area contributed by atoms with Crippen LogP contribution in [-0.2, 0) is 6.42 Å². The standard InChI is InChI=1S/C14H15NO2/c1-2-3-4-10-5-6-13-11(7-10)8-12(9-15-13)14(16)17/h5-9H,2-4H2,1H3,(H,16,17). The molecule has 0 bridgehead atoms. The van der Waals surface area contributed by atoms with Crippen LogP contribution in [0.25, 0.3) is 10.9 Å². The van der Waals surface area contributed by atoms with E-state index in [9.17, 15) is 4.79 Å². The molecule has 17 heavy (non-hydrogen) atoms. The lowest BCUT2D eigenvalue weighted by Gasteiger charge is -2.03. The first-order chi connectivity index (χ1) is 8.20. The zero-order valence-electron chi connectivity index (χ0n) is 9.81. The highest BCUT2D eigenvalue weighted by molar-refractivity contribution is 5.92. The molecule has 0 saturated heterocycles. The maximum Gasteiger partial charge on any atom is 0.337 e. The van der Waals surface area contributed by atoms with Crippen LogP contribution >= 0.6 is 0 Å². The van der Waals surface area contributed by atoms with E-state index in [-0.39, 0.29) is 5.56 Å². The number of fused-ring (bicyclic) bond motifs is 1. The second kappa shape index (κ2) is 4.95. The summed E-state index contributed by atoms with van der Waals surface area (Å²) >= 11 is 0. The zero-order valence-corrected chi connectivity index (χ0v) is 9.81. The molecule has 0 amide bonds. The number of pyridine rings is 1. The van der Waals surface area contributed by atoms with Gasteiger partial charge in [0.1, 0.15) is 0 Å². The molecule has 3 nitrogen and oxygen atoms in total. The number of nitrogens with zero attached hydrogens (tertiary/aromatic N) is 1. The SMILES string of the molecule is CCCCc1ccc2ncc(C(=O)O)cc2c1. The number of aromatic carboxylic acids is 1. The smallest absolute Gasteiger partial charge is 0.337 e. The zero-order chi connectivity index (χ0) is 12.3. The van der Waals surface area contributed by atoms with Crippen molar-refractivity contribution in [3.63, 3.8) is 0 Å². The minimum atomic E-state index is -0.932. The lowest BCUT2D eigenvalue weighted by molar-refractivity contribution is 0.0696. The largest absolute Gasteiger partial charge is 0.478 e.